The lowest BCUT2D eigenvalue weighted by atomic mass is 10.2. The van der Waals surface area contributed by atoms with Crippen LogP contribution in [0.5, 0.6) is 0 Å². The van der Waals surface area contributed by atoms with Crippen LogP contribution in [0.4, 0.5) is 5.69 Å². The summed E-state index contributed by atoms with van der Waals surface area (Å²) in [6.45, 7) is 3.80. The zero-order valence-electron chi connectivity index (χ0n) is 10.2. The molecule has 2 nitrogen and oxygen atoms in total. The molecule has 0 aliphatic heterocycles. The van der Waals surface area contributed by atoms with Crippen LogP contribution in [0.15, 0.2) is 22.0 Å². The number of amides is 1. The van der Waals surface area contributed by atoms with Crippen molar-refractivity contribution in [2.45, 2.75) is 13.8 Å². The minimum Gasteiger partial charge on any atom is -0.320 e. The Labute approximate surface area is 133 Å². The van der Waals surface area contributed by atoms with Crippen molar-refractivity contribution in [3.63, 3.8) is 0 Å². The molecular formula is C13H10BrCl2NOS. The van der Waals surface area contributed by atoms with E-state index in [1.165, 1.54) is 11.3 Å². The summed E-state index contributed by atoms with van der Waals surface area (Å²) < 4.78 is 0.950. The maximum Gasteiger partial charge on any atom is 0.265 e. The van der Waals surface area contributed by atoms with Crippen LogP contribution in [0.2, 0.25) is 10.0 Å². The van der Waals surface area contributed by atoms with Crippen molar-refractivity contribution >= 4 is 62.1 Å². The van der Waals surface area contributed by atoms with Gasteiger partial charge in [0, 0.05) is 5.02 Å². The van der Waals surface area contributed by atoms with Gasteiger partial charge in [-0.25, -0.2) is 0 Å². The minimum absolute atomic E-state index is 0.194. The van der Waals surface area contributed by atoms with E-state index in [-0.39, 0.29) is 5.91 Å². The van der Waals surface area contributed by atoms with Crippen LogP contribution in [-0.2, 0) is 0 Å². The van der Waals surface area contributed by atoms with Gasteiger partial charge in [0.05, 0.1) is 19.4 Å². The van der Waals surface area contributed by atoms with Crippen LogP contribution >= 0.6 is 50.5 Å². The van der Waals surface area contributed by atoms with Crippen LogP contribution in [0, 0.1) is 13.8 Å². The average molecular weight is 379 g/mol. The van der Waals surface area contributed by atoms with Crippen LogP contribution < -0.4 is 5.32 Å². The van der Waals surface area contributed by atoms with Gasteiger partial charge in [0.1, 0.15) is 0 Å². The summed E-state index contributed by atoms with van der Waals surface area (Å²) in [5.74, 6) is -0.194. The fourth-order valence-corrected chi connectivity index (χ4v) is 3.36. The van der Waals surface area contributed by atoms with Gasteiger partial charge in [-0.2, -0.15) is 0 Å². The number of nitrogens with one attached hydrogen (secondary N) is 1. The Morgan fingerprint density at radius 3 is 2.42 bits per heavy atom. The average Bonchev–Trinajstić information content (AvgIpc) is 2.67. The molecule has 0 aliphatic carbocycles. The number of halogens is 3. The molecule has 0 radical (unpaired) electrons. The van der Waals surface area contributed by atoms with E-state index >= 15 is 0 Å². The number of hydrogen-bond donors (Lipinski definition) is 1. The van der Waals surface area contributed by atoms with Gasteiger partial charge in [-0.3, -0.25) is 4.79 Å². The second-order valence-electron chi connectivity index (χ2n) is 4.10. The Kier molecular flexibility index (Phi) is 4.56. The quantitative estimate of drug-likeness (QED) is 0.714. The molecule has 0 bridgehead atoms. The molecule has 1 aromatic carbocycles. The van der Waals surface area contributed by atoms with Gasteiger partial charge in [-0.1, -0.05) is 23.2 Å². The van der Waals surface area contributed by atoms with Gasteiger partial charge >= 0.3 is 0 Å². The molecule has 6 heteroatoms. The van der Waals surface area contributed by atoms with Crippen molar-refractivity contribution in [3.8, 4) is 0 Å². The van der Waals surface area contributed by atoms with Crippen molar-refractivity contribution in [3.05, 3.63) is 48.0 Å². The normalized spacial score (nSPS) is 10.6. The first-order valence-corrected chi connectivity index (χ1v) is 7.78. The number of thiophene rings is 1. The lowest BCUT2D eigenvalue weighted by Gasteiger charge is -2.08. The molecule has 0 spiro atoms. The fourth-order valence-electron chi connectivity index (χ4n) is 1.50. The molecule has 2 rings (SSSR count). The molecule has 100 valence electrons. The summed E-state index contributed by atoms with van der Waals surface area (Å²) in [5, 5.41) is 3.82. The Morgan fingerprint density at radius 2 is 1.84 bits per heavy atom. The van der Waals surface area contributed by atoms with E-state index in [2.05, 4.69) is 21.2 Å². The first kappa shape index (κ1) is 14.9. The third-order valence-electron chi connectivity index (χ3n) is 2.58. The lowest BCUT2D eigenvalue weighted by molar-refractivity contribution is 0.103. The molecular weight excluding hydrogens is 369 g/mol. The third-order valence-corrected chi connectivity index (χ3v) is 5.43. The van der Waals surface area contributed by atoms with Gasteiger partial charge in [0.15, 0.2) is 0 Å². The molecule has 19 heavy (non-hydrogen) atoms. The molecule has 1 N–H and O–H groups in total. The van der Waals surface area contributed by atoms with Crippen LogP contribution in [0.1, 0.15) is 20.8 Å². The highest BCUT2D eigenvalue weighted by Gasteiger charge is 2.13. The van der Waals surface area contributed by atoms with E-state index in [0.29, 0.717) is 20.6 Å². The molecule has 0 saturated heterocycles. The van der Waals surface area contributed by atoms with Crippen LogP contribution in [0.3, 0.4) is 0 Å². The van der Waals surface area contributed by atoms with Gasteiger partial charge in [0.25, 0.3) is 5.91 Å². The topological polar surface area (TPSA) is 29.1 Å². The Bertz CT molecular complexity index is 635. The molecule has 0 unspecified atom stereocenters. The zero-order valence-corrected chi connectivity index (χ0v) is 14.1. The number of carbonyl (C=O) groups excluding carboxylic acids is 1. The summed E-state index contributed by atoms with van der Waals surface area (Å²) in [4.78, 5) is 12.7. The van der Waals surface area contributed by atoms with Gasteiger partial charge in [-0.05, 0) is 59.1 Å². The highest BCUT2D eigenvalue weighted by molar-refractivity contribution is 9.11. The summed E-state index contributed by atoms with van der Waals surface area (Å²) in [5.41, 5.74) is 2.42. The minimum atomic E-state index is -0.194. The summed E-state index contributed by atoms with van der Waals surface area (Å²) in [6.07, 6.45) is 0. The Morgan fingerprint density at radius 1 is 1.16 bits per heavy atom. The van der Waals surface area contributed by atoms with E-state index in [0.717, 1.165) is 14.9 Å². The number of carbonyl (C=O) groups is 1. The summed E-state index contributed by atoms with van der Waals surface area (Å²) >= 11 is 16.9. The van der Waals surface area contributed by atoms with Crippen molar-refractivity contribution in [1.29, 1.82) is 0 Å². The van der Waals surface area contributed by atoms with Gasteiger partial charge in [-0.15, -0.1) is 11.3 Å². The molecule has 0 saturated carbocycles. The predicted molar refractivity (Wildman–Crippen MR) is 85.9 cm³/mol. The fraction of sp³-hybridized carbons (Fsp3) is 0.154. The first-order valence-electron chi connectivity index (χ1n) is 5.41. The standard InChI is InChI=1S/C13H10BrCl2NOS/c1-6-3-9(16)10(5-8(6)15)17-13(18)11-4-7(2)12(14)19-11/h3-5H,1-2H3,(H,17,18). The number of hydrogen-bond acceptors (Lipinski definition) is 2. The zero-order chi connectivity index (χ0) is 14.2. The van der Waals surface area contributed by atoms with Gasteiger partial charge in [0.2, 0.25) is 0 Å². The molecule has 1 amide bonds. The summed E-state index contributed by atoms with van der Waals surface area (Å²) in [6, 6.07) is 5.22. The van der Waals surface area contributed by atoms with E-state index in [1.807, 2.05) is 19.9 Å². The number of aryl methyl sites for hydroxylation is 2. The van der Waals surface area contributed by atoms with Crippen LogP contribution in [0.25, 0.3) is 0 Å². The molecule has 2 aromatic rings. The molecule has 1 aromatic heterocycles. The maximum atomic E-state index is 12.1. The highest BCUT2D eigenvalue weighted by Crippen LogP contribution is 2.31. The van der Waals surface area contributed by atoms with Crippen molar-refractivity contribution < 1.29 is 4.79 Å². The molecule has 0 atom stereocenters. The third kappa shape index (κ3) is 3.31. The number of anilines is 1. The van der Waals surface area contributed by atoms with Crippen molar-refractivity contribution in [1.82, 2.24) is 0 Å². The largest absolute Gasteiger partial charge is 0.320 e. The Balaban J connectivity index is 2.26. The van der Waals surface area contributed by atoms with E-state index in [4.69, 9.17) is 23.2 Å². The number of rotatable bonds is 2. The second-order valence-corrected chi connectivity index (χ2v) is 7.29. The smallest absolute Gasteiger partial charge is 0.265 e. The first-order chi connectivity index (χ1) is 8.88. The maximum absolute atomic E-state index is 12.1. The summed E-state index contributed by atoms with van der Waals surface area (Å²) in [7, 11) is 0. The second kappa shape index (κ2) is 5.83. The van der Waals surface area contributed by atoms with Gasteiger partial charge < -0.3 is 5.32 Å². The number of benzene rings is 1. The SMILES string of the molecule is Cc1cc(Cl)c(NC(=O)c2cc(C)c(Br)s2)cc1Cl. The highest BCUT2D eigenvalue weighted by atomic mass is 79.9. The lowest BCUT2D eigenvalue weighted by Crippen LogP contribution is -2.10. The van der Waals surface area contributed by atoms with E-state index in [1.54, 1.807) is 12.1 Å². The van der Waals surface area contributed by atoms with Crippen LogP contribution in [-0.4, -0.2) is 5.91 Å². The molecule has 0 aliphatic rings. The molecule has 0 fully saturated rings. The Hall–Kier alpha value is -0.550. The predicted octanol–water partition coefficient (Wildman–Crippen LogP) is 5.69. The van der Waals surface area contributed by atoms with E-state index in [9.17, 15) is 4.79 Å². The monoisotopic (exact) mass is 377 g/mol. The van der Waals surface area contributed by atoms with Crippen molar-refractivity contribution in [2.24, 2.45) is 0 Å². The van der Waals surface area contributed by atoms with Crippen molar-refractivity contribution in [2.75, 3.05) is 5.32 Å². The molecule has 1 heterocycles. The van der Waals surface area contributed by atoms with E-state index < -0.39 is 0 Å².